The van der Waals surface area contributed by atoms with Gasteiger partial charge < -0.3 is 10.4 Å². The van der Waals surface area contributed by atoms with Crippen molar-refractivity contribution in [1.82, 2.24) is 10.3 Å². The van der Waals surface area contributed by atoms with Gasteiger partial charge in [0, 0.05) is 17.3 Å². The molecule has 0 aliphatic heterocycles. The van der Waals surface area contributed by atoms with E-state index in [-0.39, 0.29) is 11.5 Å². The molecule has 0 amide bonds. The van der Waals surface area contributed by atoms with E-state index < -0.39 is 0 Å². The van der Waals surface area contributed by atoms with E-state index in [0.29, 0.717) is 5.92 Å². The number of nitrogens with zero attached hydrogens (tertiary/aromatic N) is 1. The van der Waals surface area contributed by atoms with Gasteiger partial charge in [0.1, 0.15) is 0 Å². The zero-order valence-corrected chi connectivity index (χ0v) is 13.0. The Morgan fingerprint density at radius 1 is 1.39 bits per heavy atom. The van der Waals surface area contributed by atoms with Gasteiger partial charge in [-0.3, -0.25) is 0 Å². The summed E-state index contributed by atoms with van der Waals surface area (Å²) in [5.41, 5.74) is 1.26. The summed E-state index contributed by atoms with van der Waals surface area (Å²) in [7, 11) is 0. The summed E-state index contributed by atoms with van der Waals surface area (Å²) in [6, 6.07) is 0. The number of aliphatic hydroxyl groups is 1. The molecule has 2 atom stereocenters. The summed E-state index contributed by atoms with van der Waals surface area (Å²) in [5, 5.41) is 16.0. The van der Waals surface area contributed by atoms with E-state index in [1.54, 1.807) is 11.3 Å². The van der Waals surface area contributed by atoms with Crippen LogP contribution in [0.4, 0.5) is 0 Å². The van der Waals surface area contributed by atoms with Gasteiger partial charge in [0.15, 0.2) is 0 Å². The van der Waals surface area contributed by atoms with E-state index >= 15 is 0 Å². The Labute approximate surface area is 115 Å². The normalized spacial score (nSPS) is 15.7. The molecular formula is C14H26N2OS. The molecule has 0 fully saturated rings. The summed E-state index contributed by atoms with van der Waals surface area (Å²) < 4.78 is 0. The van der Waals surface area contributed by atoms with E-state index in [1.165, 1.54) is 5.01 Å². The minimum absolute atomic E-state index is 0.141. The van der Waals surface area contributed by atoms with Crippen molar-refractivity contribution >= 4 is 11.3 Å². The number of aromatic nitrogens is 1. The van der Waals surface area contributed by atoms with Crippen molar-refractivity contribution in [3.05, 3.63) is 16.1 Å². The first-order valence-corrected chi connectivity index (χ1v) is 7.50. The SMILES string of the molecule is CC(O)CC(C)CNCc1csc(C(C)(C)C)n1. The van der Waals surface area contributed by atoms with Gasteiger partial charge in [-0.2, -0.15) is 0 Å². The fourth-order valence-corrected chi connectivity index (χ4v) is 2.75. The highest BCUT2D eigenvalue weighted by Crippen LogP contribution is 2.25. The van der Waals surface area contributed by atoms with Crippen LogP contribution < -0.4 is 5.32 Å². The molecule has 0 saturated heterocycles. The molecule has 0 spiro atoms. The lowest BCUT2D eigenvalue weighted by molar-refractivity contribution is 0.163. The molecule has 18 heavy (non-hydrogen) atoms. The molecular weight excluding hydrogens is 244 g/mol. The third kappa shape index (κ3) is 5.46. The topological polar surface area (TPSA) is 45.1 Å². The molecule has 0 bridgehead atoms. The maximum absolute atomic E-state index is 9.29. The molecule has 4 heteroatoms. The summed E-state index contributed by atoms with van der Waals surface area (Å²) in [6.45, 7) is 12.3. The fourth-order valence-electron chi connectivity index (χ4n) is 1.84. The molecule has 1 aromatic heterocycles. The molecule has 2 unspecified atom stereocenters. The van der Waals surface area contributed by atoms with Crippen molar-refractivity contribution in [3.8, 4) is 0 Å². The van der Waals surface area contributed by atoms with Gasteiger partial charge in [-0.05, 0) is 25.8 Å². The molecule has 0 radical (unpaired) electrons. The number of hydrogen-bond acceptors (Lipinski definition) is 4. The molecule has 1 rings (SSSR count). The number of aliphatic hydroxyl groups excluding tert-OH is 1. The molecule has 0 aliphatic rings. The average molecular weight is 270 g/mol. The molecule has 0 aromatic carbocycles. The quantitative estimate of drug-likeness (QED) is 0.835. The predicted molar refractivity (Wildman–Crippen MR) is 78.0 cm³/mol. The second-order valence-electron chi connectivity index (χ2n) is 6.21. The average Bonchev–Trinajstić information content (AvgIpc) is 2.64. The predicted octanol–water partition coefficient (Wildman–Crippen LogP) is 2.94. The number of thiazole rings is 1. The van der Waals surface area contributed by atoms with E-state index in [9.17, 15) is 5.11 Å². The van der Waals surface area contributed by atoms with E-state index in [2.05, 4.69) is 43.4 Å². The van der Waals surface area contributed by atoms with Crippen LogP contribution in [-0.4, -0.2) is 22.7 Å². The zero-order valence-electron chi connectivity index (χ0n) is 12.2. The molecule has 0 saturated carbocycles. The van der Waals surface area contributed by atoms with Crippen molar-refractivity contribution in [1.29, 1.82) is 0 Å². The van der Waals surface area contributed by atoms with Gasteiger partial charge in [0.2, 0.25) is 0 Å². The Bertz CT molecular complexity index is 355. The highest BCUT2D eigenvalue weighted by Gasteiger charge is 2.17. The van der Waals surface area contributed by atoms with Gasteiger partial charge in [-0.1, -0.05) is 27.7 Å². The monoisotopic (exact) mass is 270 g/mol. The molecule has 0 aliphatic carbocycles. The van der Waals surface area contributed by atoms with Gasteiger partial charge >= 0.3 is 0 Å². The van der Waals surface area contributed by atoms with Crippen LogP contribution in [0.15, 0.2) is 5.38 Å². The number of rotatable bonds is 6. The fraction of sp³-hybridized carbons (Fsp3) is 0.786. The van der Waals surface area contributed by atoms with Crippen LogP contribution in [0.5, 0.6) is 0 Å². The first-order chi connectivity index (χ1) is 8.29. The Hall–Kier alpha value is -0.450. The second-order valence-corrected chi connectivity index (χ2v) is 7.07. The maximum Gasteiger partial charge on any atom is 0.0982 e. The minimum Gasteiger partial charge on any atom is -0.393 e. The van der Waals surface area contributed by atoms with E-state index in [0.717, 1.165) is 25.2 Å². The molecule has 1 aromatic rings. The van der Waals surface area contributed by atoms with Crippen LogP contribution in [0, 0.1) is 5.92 Å². The Kier molecular flexibility index (Phi) is 5.76. The van der Waals surface area contributed by atoms with Crippen molar-refractivity contribution in [3.63, 3.8) is 0 Å². The van der Waals surface area contributed by atoms with Gasteiger partial charge in [0.05, 0.1) is 16.8 Å². The Balaban J connectivity index is 2.34. The van der Waals surface area contributed by atoms with Gasteiger partial charge in [-0.15, -0.1) is 11.3 Å². The first kappa shape index (κ1) is 15.6. The highest BCUT2D eigenvalue weighted by molar-refractivity contribution is 7.09. The summed E-state index contributed by atoms with van der Waals surface area (Å²) in [4.78, 5) is 4.65. The molecule has 3 nitrogen and oxygen atoms in total. The lowest BCUT2D eigenvalue weighted by Crippen LogP contribution is -2.23. The Morgan fingerprint density at radius 2 is 2.06 bits per heavy atom. The van der Waals surface area contributed by atoms with Crippen LogP contribution in [-0.2, 0) is 12.0 Å². The first-order valence-electron chi connectivity index (χ1n) is 6.62. The highest BCUT2D eigenvalue weighted by atomic mass is 32.1. The smallest absolute Gasteiger partial charge is 0.0982 e. The van der Waals surface area contributed by atoms with Crippen molar-refractivity contribution in [2.75, 3.05) is 6.54 Å². The van der Waals surface area contributed by atoms with Crippen LogP contribution >= 0.6 is 11.3 Å². The standard InChI is InChI=1S/C14H26N2OS/c1-10(6-11(2)17)7-15-8-12-9-18-13(16-12)14(3,4)5/h9-11,15,17H,6-8H2,1-5H3. The van der Waals surface area contributed by atoms with Crippen LogP contribution in [0.1, 0.15) is 51.7 Å². The third-order valence-corrected chi connectivity index (χ3v) is 4.05. The van der Waals surface area contributed by atoms with Crippen molar-refractivity contribution in [2.45, 2.75) is 59.1 Å². The lowest BCUT2D eigenvalue weighted by Gasteiger charge is -2.14. The minimum atomic E-state index is -0.214. The van der Waals surface area contributed by atoms with E-state index in [4.69, 9.17) is 0 Å². The van der Waals surface area contributed by atoms with Crippen LogP contribution in [0.3, 0.4) is 0 Å². The van der Waals surface area contributed by atoms with Crippen LogP contribution in [0.2, 0.25) is 0 Å². The molecule has 2 N–H and O–H groups in total. The molecule has 1 heterocycles. The van der Waals surface area contributed by atoms with Crippen molar-refractivity contribution in [2.24, 2.45) is 5.92 Å². The summed E-state index contributed by atoms with van der Waals surface area (Å²) in [5.74, 6) is 0.491. The zero-order chi connectivity index (χ0) is 13.8. The second kappa shape index (κ2) is 6.64. The van der Waals surface area contributed by atoms with Crippen LogP contribution in [0.25, 0.3) is 0 Å². The van der Waals surface area contributed by atoms with Crippen molar-refractivity contribution < 1.29 is 5.11 Å². The maximum atomic E-state index is 9.29. The third-order valence-electron chi connectivity index (χ3n) is 2.74. The summed E-state index contributed by atoms with van der Waals surface area (Å²) in [6.07, 6.45) is 0.630. The summed E-state index contributed by atoms with van der Waals surface area (Å²) >= 11 is 1.73. The van der Waals surface area contributed by atoms with Gasteiger partial charge in [0.25, 0.3) is 0 Å². The largest absolute Gasteiger partial charge is 0.393 e. The number of nitrogens with one attached hydrogen (secondary N) is 1. The Morgan fingerprint density at radius 3 is 2.56 bits per heavy atom. The number of hydrogen-bond donors (Lipinski definition) is 2. The van der Waals surface area contributed by atoms with Gasteiger partial charge in [-0.25, -0.2) is 4.98 Å². The van der Waals surface area contributed by atoms with E-state index in [1.807, 2.05) is 6.92 Å². The molecule has 104 valence electrons. The lowest BCUT2D eigenvalue weighted by atomic mass is 9.98.